The molecule has 1 heterocycles. The minimum absolute atomic E-state index is 0.183. The number of thiocarbonyl (C=S) groups is 1. The number of nitrogens with two attached hydrogens (primary N) is 1. The molecule has 0 spiro atoms. The van der Waals surface area contributed by atoms with Crippen LogP contribution in [-0.4, -0.2) is 26.5 Å². The molecule has 1 atom stereocenters. The van der Waals surface area contributed by atoms with Crippen LogP contribution in [0.4, 0.5) is 0 Å². The molecule has 0 aromatic carbocycles. The maximum Gasteiger partial charge on any atom is 0.265 e. The molecule has 1 aromatic rings. The lowest BCUT2D eigenvalue weighted by molar-refractivity contribution is 0.0947. The Kier molecular flexibility index (Phi) is 3.15. The topological polar surface area (TPSA) is 80.9 Å². The van der Waals surface area contributed by atoms with E-state index >= 15 is 0 Å². The summed E-state index contributed by atoms with van der Waals surface area (Å²) in [5, 5.41) is 6.64. The van der Waals surface area contributed by atoms with E-state index in [9.17, 15) is 4.79 Å². The quantitative estimate of drug-likeness (QED) is 0.773. The van der Waals surface area contributed by atoms with Crippen LogP contribution >= 0.6 is 23.8 Å². The number of carbonyl (C=O) groups is 1. The van der Waals surface area contributed by atoms with Crippen LogP contribution in [0.3, 0.4) is 0 Å². The molecule has 1 unspecified atom stereocenters. The van der Waals surface area contributed by atoms with E-state index in [1.165, 1.54) is 0 Å². The van der Waals surface area contributed by atoms with Crippen molar-refractivity contribution in [3.05, 3.63) is 10.6 Å². The normalized spacial score (nSPS) is 16.8. The first kappa shape index (κ1) is 11.4. The van der Waals surface area contributed by atoms with Gasteiger partial charge >= 0.3 is 0 Å². The third kappa shape index (κ3) is 2.35. The third-order valence-corrected chi connectivity index (χ3v) is 3.62. The zero-order chi connectivity index (χ0) is 11.7. The molecular formula is C9H12N4OS2. The van der Waals surface area contributed by atoms with E-state index in [2.05, 4.69) is 14.9 Å². The van der Waals surface area contributed by atoms with Gasteiger partial charge in [-0.2, -0.15) is 0 Å². The Bertz CT molecular complexity index is 427. The molecule has 0 bridgehead atoms. The zero-order valence-corrected chi connectivity index (χ0v) is 10.4. The van der Waals surface area contributed by atoms with E-state index in [0.717, 1.165) is 24.4 Å². The molecule has 0 aliphatic heterocycles. The van der Waals surface area contributed by atoms with Crippen molar-refractivity contribution in [2.75, 3.05) is 0 Å². The first-order chi connectivity index (χ1) is 7.59. The first-order valence-corrected chi connectivity index (χ1v) is 6.17. The Labute approximate surface area is 103 Å². The van der Waals surface area contributed by atoms with Gasteiger partial charge in [0.05, 0.1) is 16.7 Å². The minimum Gasteiger partial charge on any atom is -0.392 e. The second-order valence-electron chi connectivity index (χ2n) is 3.88. The van der Waals surface area contributed by atoms with Crippen molar-refractivity contribution in [1.82, 2.24) is 14.9 Å². The summed E-state index contributed by atoms with van der Waals surface area (Å²) in [5.41, 5.74) is 6.25. The predicted octanol–water partition coefficient (Wildman–Crippen LogP) is 0.641. The monoisotopic (exact) mass is 256 g/mol. The minimum atomic E-state index is -0.191. The van der Waals surface area contributed by atoms with Crippen LogP contribution in [0, 0.1) is 12.8 Å². The molecular weight excluding hydrogens is 244 g/mol. The summed E-state index contributed by atoms with van der Waals surface area (Å²) >= 11 is 6.04. The Hall–Kier alpha value is -1.08. The summed E-state index contributed by atoms with van der Waals surface area (Å²) in [5.74, 6) is 0.222. The number of hydrogen-bond donors (Lipinski definition) is 2. The van der Waals surface area contributed by atoms with Crippen LogP contribution in [0.5, 0.6) is 0 Å². The number of nitrogens with zero attached hydrogens (tertiary/aromatic N) is 2. The van der Waals surface area contributed by atoms with Crippen molar-refractivity contribution in [3.63, 3.8) is 0 Å². The Morgan fingerprint density at radius 3 is 2.81 bits per heavy atom. The molecule has 1 aliphatic rings. The summed E-state index contributed by atoms with van der Waals surface area (Å²) in [6.45, 7) is 1.76. The highest BCUT2D eigenvalue weighted by molar-refractivity contribution is 7.80. The van der Waals surface area contributed by atoms with Gasteiger partial charge in [0.1, 0.15) is 4.88 Å². The third-order valence-electron chi connectivity index (χ3n) is 2.54. The SMILES string of the molecule is Cc1nnsc1C(=O)NC(C(N)=S)C1CC1. The highest BCUT2D eigenvalue weighted by atomic mass is 32.1. The fourth-order valence-corrected chi connectivity index (χ4v) is 2.31. The van der Waals surface area contributed by atoms with E-state index in [4.69, 9.17) is 18.0 Å². The molecule has 16 heavy (non-hydrogen) atoms. The molecule has 2 rings (SSSR count). The van der Waals surface area contributed by atoms with Gasteiger partial charge in [-0.1, -0.05) is 16.7 Å². The van der Waals surface area contributed by atoms with Gasteiger partial charge in [0.2, 0.25) is 0 Å². The molecule has 1 aromatic heterocycles. The van der Waals surface area contributed by atoms with Crippen LogP contribution in [0.25, 0.3) is 0 Å². The molecule has 5 nitrogen and oxygen atoms in total. The number of amides is 1. The Morgan fingerprint density at radius 1 is 1.69 bits per heavy atom. The van der Waals surface area contributed by atoms with Crippen molar-refractivity contribution in [2.24, 2.45) is 11.7 Å². The number of rotatable bonds is 4. The van der Waals surface area contributed by atoms with Crippen LogP contribution < -0.4 is 11.1 Å². The van der Waals surface area contributed by atoms with Crippen molar-refractivity contribution in [3.8, 4) is 0 Å². The van der Waals surface area contributed by atoms with Gasteiger partial charge in [0, 0.05) is 0 Å². The molecule has 1 fully saturated rings. The maximum absolute atomic E-state index is 11.9. The van der Waals surface area contributed by atoms with E-state index in [1.807, 2.05) is 0 Å². The second kappa shape index (κ2) is 4.42. The zero-order valence-electron chi connectivity index (χ0n) is 8.77. The van der Waals surface area contributed by atoms with Gasteiger partial charge < -0.3 is 11.1 Å². The molecule has 3 N–H and O–H groups in total. The summed E-state index contributed by atoms with van der Waals surface area (Å²) < 4.78 is 3.72. The van der Waals surface area contributed by atoms with Crippen molar-refractivity contribution >= 4 is 34.6 Å². The summed E-state index contributed by atoms with van der Waals surface area (Å²) in [6, 6.07) is -0.191. The van der Waals surface area contributed by atoms with E-state index in [-0.39, 0.29) is 11.9 Å². The smallest absolute Gasteiger partial charge is 0.265 e. The molecule has 1 aliphatic carbocycles. The van der Waals surface area contributed by atoms with Crippen molar-refractivity contribution in [1.29, 1.82) is 0 Å². The highest BCUT2D eigenvalue weighted by Gasteiger charge is 2.34. The summed E-state index contributed by atoms with van der Waals surface area (Å²) in [7, 11) is 0. The standard InChI is InChI=1S/C9H12N4OS2/c1-4-7(16-13-12-4)9(14)11-6(8(10)15)5-2-3-5/h5-6H,2-3H2,1H3,(H2,10,15)(H,11,14). The number of aromatic nitrogens is 2. The Morgan fingerprint density at radius 2 is 2.38 bits per heavy atom. The number of nitrogens with one attached hydrogen (secondary N) is 1. The van der Waals surface area contributed by atoms with Gasteiger partial charge in [0.15, 0.2) is 0 Å². The van der Waals surface area contributed by atoms with E-state index in [0.29, 0.717) is 21.5 Å². The van der Waals surface area contributed by atoms with Crippen molar-refractivity contribution in [2.45, 2.75) is 25.8 Å². The van der Waals surface area contributed by atoms with Crippen LogP contribution in [0.15, 0.2) is 0 Å². The van der Waals surface area contributed by atoms with Gasteiger partial charge in [-0.3, -0.25) is 4.79 Å². The van der Waals surface area contributed by atoms with Crippen molar-refractivity contribution < 1.29 is 4.79 Å². The number of hydrogen-bond acceptors (Lipinski definition) is 5. The predicted molar refractivity (Wildman–Crippen MR) is 65.4 cm³/mol. The fraction of sp³-hybridized carbons (Fsp3) is 0.556. The fourth-order valence-electron chi connectivity index (χ4n) is 1.50. The summed E-state index contributed by atoms with van der Waals surface area (Å²) in [6.07, 6.45) is 2.14. The maximum atomic E-state index is 11.9. The lowest BCUT2D eigenvalue weighted by Gasteiger charge is -2.15. The van der Waals surface area contributed by atoms with Crippen LogP contribution in [-0.2, 0) is 0 Å². The molecule has 86 valence electrons. The first-order valence-electron chi connectivity index (χ1n) is 4.98. The molecule has 1 saturated carbocycles. The lowest BCUT2D eigenvalue weighted by Crippen LogP contribution is -2.44. The average molecular weight is 256 g/mol. The van der Waals surface area contributed by atoms with Crippen LogP contribution in [0.2, 0.25) is 0 Å². The number of carbonyl (C=O) groups excluding carboxylic acids is 1. The molecule has 7 heteroatoms. The molecule has 0 saturated heterocycles. The Balaban J connectivity index is 2.06. The average Bonchev–Trinajstić information content (AvgIpc) is 2.96. The van der Waals surface area contributed by atoms with Crippen LogP contribution in [0.1, 0.15) is 28.2 Å². The van der Waals surface area contributed by atoms with E-state index in [1.54, 1.807) is 6.92 Å². The van der Waals surface area contributed by atoms with E-state index < -0.39 is 0 Å². The number of aryl methyl sites for hydroxylation is 1. The molecule has 0 radical (unpaired) electrons. The van der Waals surface area contributed by atoms with Gasteiger partial charge in [0.25, 0.3) is 5.91 Å². The van der Waals surface area contributed by atoms with Gasteiger partial charge in [-0.25, -0.2) is 0 Å². The summed E-state index contributed by atoms with van der Waals surface area (Å²) in [4.78, 5) is 12.8. The molecule has 1 amide bonds. The van der Waals surface area contributed by atoms with Gasteiger partial charge in [-0.05, 0) is 37.2 Å². The van der Waals surface area contributed by atoms with Gasteiger partial charge in [-0.15, -0.1) is 5.10 Å². The second-order valence-corrected chi connectivity index (χ2v) is 5.10. The highest BCUT2D eigenvalue weighted by Crippen LogP contribution is 2.33. The lowest BCUT2D eigenvalue weighted by atomic mass is 10.2. The largest absolute Gasteiger partial charge is 0.392 e.